The molecular formula is C20H24FN3O2. The molecule has 1 aliphatic heterocycles. The van der Waals surface area contributed by atoms with Crippen molar-refractivity contribution in [2.75, 3.05) is 24.7 Å². The Morgan fingerprint density at radius 1 is 1.12 bits per heavy atom. The number of nitrogens with one attached hydrogen (secondary N) is 1. The van der Waals surface area contributed by atoms with Crippen LogP contribution in [0.2, 0.25) is 0 Å². The molecule has 1 fully saturated rings. The van der Waals surface area contributed by atoms with Gasteiger partial charge in [-0.2, -0.15) is 0 Å². The molecule has 1 saturated heterocycles. The molecule has 26 heavy (non-hydrogen) atoms. The lowest BCUT2D eigenvalue weighted by Crippen LogP contribution is -2.47. The highest BCUT2D eigenvalue weighted by Crippen LogP contribution is 2.19. The van der Waals surface area contributed by atoms with Gasteiger partial charge in [0.05, 0.1) is 12.4 Å². The standard InChI is InChI=1S/C20H24FN3O2/c21-18-8-4-5-9-19(18)24(20(25)26)15-22-17-10-12-23(13-11-17)14-16-6-2-1-3-7-16/h1-9,17,22H,10-15H2,(H,25,26). The van der Waals surface area contributed by atoms with Crippen molar-refractivity contribution in [2.45, 2.75) is 25.4 Å². The third-order valence-corrected chi connectivity index (χ3v) is 4.75. The first-order valence-corrected chi connectivity index (χ1v) is 8.88. The Bertz CT molecular complexity index is 718. The predicted octanol–water partition coefficient (Wildman–Crippen LogP) is 3.52. The van der Waals surface area contributed by atoms with Crippen LogP contribution in [0.5, 0.6) is 0 Å². The molecule has 2 aromatic carbocycles. The Kier molecular flexibility index (Phi) is 6.20. The molecular weight excluding hydrogens is 333 g/mol. The van der Waals surface area contributed by atoms with Crippen molar-refractivity contribution in [1.82, 2.24) is 10.2 Å². The van der Waals surface area contributed by atoms with E-state index in [-0.39, 0.29) is 18.4 Å². The number of nitrogens with zero attached hydrogens (tertiary/aromatic N) is 2. The van der Waals surface area contributed by atoms with Crippen LogP contribution >= 0.6 is 0 Å². The second-order valence-electron chi connectivity index (χ2n) is 6.56. The third kappa shape index (κ3) is 4.80. The molecule has 2 aromatic rings. The minimum Gasteiger partial charge on any atom is -0.465 e. The largest absolute Gasteiger partial charge is 0.465 e. The number of hydrogen-bond acceptors (Lipinski definition) is 3. The van der Waals surface area contributed by atoms with Gasteiger partial charge in [0.15, 0.2) is 0 Å². The number of para-hydroxylation sites is 1. The summed E-state index contributed by atoms with van der Waals surface area (Å²) >= 11 is 0. The van der Waals surface area contributed by atoms with E-state index in [1.807, 2.05) is 18.2 Å². The fourth-order valence-electron chi connectivity index (χ4n) is 3.28. The summed E-state index contributed by atoms with van der Waals surface area (Å²) in [5.41, 5.74) is 1.38. The van der Waals surface area contributed by atoms with Crippen molar-refractivity contribution in [3.8, 4) is 0 Å². The van der Waals surface area contributed by atoms with E-state index in [0.717, 1.165) is 37.4 Å². The van der Waals surface area contributed by atoms with Crippen LogP contribution in [0.1, 0.15) is 18.4 Å². The van der Waals surface area contributed by atoms with Gasteiger partial charge >= 0.3 is 6.09 Å². The first-order valence-electron chi connectivity index (χ1n) is 8.88. The number of hydrogen-bond donors (Lipinski definition) is 2. The zero-order valence-corrected chi connectivity index (χ0v) is 14.6. The summed E-state index contributed by atoms with van der Waals surface area (Å²) in [7, 11) is 0. The molecule has 1 heterocycles. The number of benzene rings is 2. The van der Waals surface area contributed by atoms with Crippen LogP contribution in [0, 0.1) is 5.82 Å². The third-order valence-electron chi connectivity index (χ3n) is 4.75. The predicted molar refractivity (Wildman–Crippen MR) is 99.6 cm³/mol. The Labute approximate surface area is 153 Å². The zero-order chi connectivity index (χ0) is 18.4. The summed E-state index contributed by atoms with van der Waals surface area (Å²) in [5, 5.41) is 12.7. The normalized spacial score (nSPS) is 15.7. The first-order chi connectivity index (χ1) is 12.6. The van der Waals surface area contributed by atoms with Crippen molar-refractivity contribution >= 4 is 11.8 Å². The minimum atomic E-state index is -1.16. The molecule has 6 heteroatoms. The molecule has 0 radical (unpaired) electrons. The smallest absolute Gasteiger partial charge is 0.413 e. The average molecular weight is 357 g/mol. The average Bonchev–Trinajstić information content (AvgIpc) is 2.65. The van der Waals surface area contributed by atoms with Crippen molar-refractivity contribution in [1.29, 1.82) is 0 Å². The number of rotatable bonds is 6. The minimum absolute atomic E-state index is 0.0778. The number of halogens is 1. The van der Waals surface area contributed by atoms with Gasteiger partial charge in [0.1, 0.15) is 5.82 Å². The molecule has 0 aromatic heterocycles. The second kappa shape index (κ2) is 8.78. The lowest BCUT2D eigenvalue weighted by atomic mass is 10.0. The number of carboxylic acid groups (broad SMARTS) is 1. The van der Waals surface area contributed by atoms with E-state index in [4.69, 9.17) is 0 Å². The molecule has 0 aliphatic carbocycles. The summed E-state index contributed by atoms with van der Waals surface area (Å²) in [6, 6.07) is 16.5. The van der Waals surface area contributed by atoms with Gasteiger partial charge in [-0.1, -0.05) is 42.5 Å². The summed E-state index contributed by atoms with van der Waals surface area (Å²) in [6.45, 7) is 2.93. The fourth-order valence-corrected chi connectivity index (χ4v) is 3.28. The van der Waals surface area contributed by atoms with Crippen LogP contribution in [-0.4, -0.2) is 41.9 Å². The number of piperidine rings is 1. The van der Waals surface area contributed by atoms with E-state index in [1.165, 1.54) is 17.7 Å². The van der Waals surface area contributed by atoms with Crippen LogP contribution in [0.4, 0.5) is 14.9 Å². The maximum absolute atomic E-state index is 13.9. The highest BCUT2D eigenvalue weighted by atomic mass is 19.1. The second-order valence-corrected chi connectivity index (χ2v) is 6.56. The van der Waals surface area contributed by atoms with Crippen LogP contribution in [0.15, 0.2) is 54.6 Å². The topological polar surface area (TPSA) is 55.8 Å². The quantitative estimate of drug-likeness (QED) is 0.777. The number of likely N-dealkylation sites (tertiary alicyclic amines) is 1. The van der Waals surface area contributed by atoms with Gasteiger partial charge in [-0.25, -0.2) is 9.18 Å². The summed E-state index contributed by atoms with van der Waals surface area (Å²) in [6.07, 6.45) is 0.721. The van der Waals surface area contributed by atoms with Crippen molar-refractivity contribution in [3.63, 3.8) is 0 Å². The van der Waals surface area contributed by atoms with Gasteiger partial charge in [0.25, 0.3) is 0 Å². The fraction of sp³-hybridized carbons (Fsp3) is 0.350. The summed E-state index contributed by atoms with van der Waals surface area (Å²) in [5.74, 6) is -0.533. The van der Waals surface area contributed by atoms with E-state index >= 15 is 0 Å². The van der Waals surface area contributed by atoms with E-state index in [1.54, 1.807) is 12.1 Å². The highest BCUT2D eigenvalue weighted by Gasteiger charge is 2.22. The molecule has 1 amide bonds. The molecule has 138 valence electrons. The molecule has 1 aliphatic rings. The van der Waals surface area contributed by atoms with E-state index in [9.17, 15) is 14.3 Å². The zero-order valence-electron chi connectivity index (χ0n) is 14.6. The Morgan fingerprint density at radius 2 is 1.77 bits per heavy atom. The molecule has 0 saturated carbocycles. The van der Waals surface area contributed by atoms with Gasteiger partial charge in [0.2, 0.25) is 0 Å². The van der Waals surface area contributed by atoms with Crippen molar-refractivity contribution in [3.05, 3.63) is 66.0 Å². The SMILES string of the molecule is O=C(O)N(CNC1CCN(Cc2ccccc2)CC1)c1ccccc1F. The molecule has 0 atom stereocenters. The van der Waals surface area contributed by atoms with Gasteiger partial charge in [0, 0.05) is 12.6 Å². The molecule has 0 spiro atoms. The van der Waals surface area contributed by atoms with Crippen LogP contribution in [0.3, 0.4) is 0 Å². The summed E-state index contributed by atoms with van der Waals surface area (Å²) < 4.78 is 13.9. The number of carbonyl (C=O) groups is 1. The monoisotopic (exact) mass is 357 g/mol. The lowest BCUT2D eigenvalue weighted by Gasteiger charge is -2.33. The lowest BCUT2D eigenvalue weighted by molar-refractivity contribution is 0.186. The van der Waals surface area contributed by atoms with Crippen LogP contribution < -0.4 is 10.2 Å². The van der Waals surface area contributed by atoms with E-state index in [0.29, 0.717) is 0 Å². The molecule has 2 N–H and O–H groups in total. The van der Waals surface area contributed by atoms with Crippen molar-refractivity contribution < 1.29 is 14.3 Å². The number of amides is 1. The van der Waals surface area contributed by atoms with Crippen molar-refractivity contribution in [2.24, 2.45) is 0 Å². The Morgan fingerprint density at radius 3 is 2.42 bits per heavy atom. The van der Waals surface area contributed by atoms with E-state index in [2.05, 4.69) is 22.3 Å². The number of anilines is 1. The van der Waals surface area contributed by atoms with Gasteiger partial charge in [-0.05, 0) is 43.6 Å². The molecule has 3 rings (SSSR count). The summed E-state index contributed by atoms with van der Waals surface area (Å²) in [4.78, 5) is 14.9. The molecule has 5 nitrogen and oxygen atoms in total. The molecule has 0 bridgehead atoms. The van der Waals surface area contributed by atoms with Crippen LogP contribution in [-0.2, 0) is 6.54 Å². The Balaban J connectivity index is 1.49. The maximum Gasteiger partial charge on any atom is 0.413 e. The Hall–Kier alpha value is -2.44. The van der Waals surface area contributed by atoms with Crippen LogP contribution in [0.25, 0.3) is 0 Å². The van der Waals surface area contributed by atoms with E-state index < -0.39 is 11.9 Å². The van der Waals surface area contributed by atoms with Gasteiger partial charge < -0.3 is 5.11 Å². The maximum atomic E-state index is 13.9. The van der Waals surface area contributed by atoms with Gasteiger partial charge in [-0.3, -0.25) is 15.1 Å². The van der Waals surface area contributed by atoms with Gasteiger partial charge in [-0.15, -0.1) is 0 Å². The molecule has 0 unspecified atom stereocenters. The highest BCUT2D eigenvalue weighted by molar-refractivity contribution is 5.86. The first kappa shape index (κ1) is 18.4.